The van der Waals surface area contributed by atoms with Gasteiger partial charge in [-0.2, -0.15) is 0 Å². The monoisotopic (exact) mass is 303 g/mol. The van der Waals surface area contributed by atoms with E-state index in [0.717, 1.165) is 12.1 Å². The Morgan fingerprint density at radius 1 is 1.18 bits per heavy atom. The highest BCUT2D eigenvalue weighted by atomic mass is 16.2. The summed E-state index contributed by atoms with van der Waals surface area (Å²) < 4.78 is 0. The van der Waals surface area contributed by atoms with Crippen molar-refractivity contribution in [2.75, 3.05) is 27.2 Å². The first-order valence-corrected chi connectivity index (χ1v) is 7.35. The molecule has 1 aromatic rings. The standard InChI is InChI=1S/C16H21N3O3/c1-17-9-10-18(2)16(22)13-5-3-12(4-6-13)11-19-14(20)7-8-15(19)21/h3-6,17H,7-11H2,1-2H3. The number of imide groups is 1. The van der Waals surface area contributed by atoms with Gasteiger partial charge in [-0.3, -0.25) is 19.3 Å². The predicted octanol–water partition coefficient (Wildman–Crippen LogP) is 0.627. The lowest BCUT2D eigenvalue weighted by Crippen LogP contribution is -2.32. The summed E-state index contributed by atoms with van der Waals surface area (Å²) in [6.45, 7) is 1.65. The largest absolute Gasteiger partial charge is 0.340 e. The molecule has 1 heterocycles. The lowest BCUT2D eigenvalue weighted by molar-refractivity contribution is -0.139. The highest BCUT2D eigenvalue weighted by Crippen LogP contribution is 2.16. The lowest BCUT2D eigenvalue weighted by Gasteiger charge is -2.17. The van der Waals surface area contributed by atoms with E-state index in [-0.39, 0.29) is 24.3 Å². The Balaban J connectivity index is 1.99. The Morgan fingerprint density at radius 3 is 2.32 bits per heavy atom. The molecule has 1 aromatic carbocycles. The summed E-state index contributed by atoms with van der Waals surface area (Å²) in [5, 5.41) is 3.00. The second-order valence-corrected chi connectivity index (χ2v) is 5.40. The highest BCUT2D eigenvalue weighted by molar-refractivity contribution is 6.01. The van der Waals surface area contributed by atoms with Crippen LogP contribution in [-0.2, 0) is 16.1 Å². The molecule has 3 amide bonds. The molecule has 0 aliphatic carbocycles. The molecule has 0 unspecified atom stereocenters. The third-order valence-corrected chi connectivity index (χ3v) is 3.74. The number of hydrogen-bond acceptors (Lipinski definition) is 4. The molecule has 1 saturated heterocycles. The van der Waals surface area contributed by atoms with E-state index in [2.05, 4.69) is 5.32 Å². The van der Waals surface area contributed by atoms with Gasteiger partial charge in [-0.1, -0.05) is 12.1 Å². The molecular formula is C16H21N3O3. The van der Waals surface area contributed by atoms with Crippen LogP contribution in [0, 0.1) is 0 Å². The molecule has 1 fully saturated rings. The average molecular weight is 303 g/mol. The number of carbonyl (C=O) groups excluding carboxylic acids is 3. The van der Waals surface area contributed by atoms with Gasteiger partial charge in [0, 0.05) is 38.5 Å². The van der Waals surface area contributed by atoms with E-state index >= 15 is 0 Å². The van der Waals surface area contributed by atoms with Gasteiger partial charge in [-0.15, -0.1) is 0 Å². The second-order valence-electron chi connectivity index (χ2n) is 5.40. The third-order valence-electron chi connectivity index (χ3n) is 3.74. The highest BCUT2D eigenvalue weighted by Gasteiger charge is 2.28. The van der Waals surface area contributed by atoms with Gasteiger partial charge in [0.05, 0.1) is 6.54 Å². The average Bonchev–Trinajstić information content (AvgIpc) is 2.84. The summed E-state index contributed by atoms with van der Waals surface area (Å²) in [5.74, 6) is -0.302. The minimum Gasteiger partial charge on any atom is -0.340 e. The van der Waals surface area contributed by atoms with E-state index in [1.165, 1.54) is 4.90 Å². The number of benzene rings is 1. The SMILES string of the molecule is CNCCN(C)C(=O)c1ccc(CN2C(=O)CCC2=O)cc1. The van der Waals surface area contributed by atoms with E-state index in [1.807, 2.05) is 7.05 Å². The maximum absolute atomic E-state index is 12.2. The van der Waals surface area contributed by atoms with Crippen LogP contribution in [0.25, 0.3) is 0 Å². The molecule has 0 atom stereocenters. The number of likely N-dealkylation sites (tertiary alicyclic amines) is 1. The number of amides is 3. The van der Waals surface area contributed by atoms with Crippen molar-refractivity contribution in [3.63, 3.8) is 0 Å². The maximum Gasteiger partial charge on any atom is 0.253 e. The number of likely N-dealkylation sites (N-methyl/N-ethyl adjacent to an activating group) is 2. The number of carbonyl (C=O) groups is 3. The molecule has 0 aromatic heterocycles. The van der Waals surface area contributed by atoms with E-state index < -0.39 is 0 Å². The molecule has 6 nitrogen and oxygen atoms in total. The summed E-state index contributed by atoms with van der Waals surface area (Å²) >= 11 is 0. The van der Waals surface area contributed by atoms with Crippen molar-refractivity contribution in [1.82, 2.24) is 15.1 Å². The van der Waals surface area contributed by atoms with Gasteiger partial charge in [-0.05, 0) is 24.7 Å². The van der Waals surface area contributed by atoms with Crippen LogP contribution < -0.4 is 5.32 Å². The van der Waals surface area contributed by atoms with E-state index in [1.54, 1.807) is 36.2 Å². The van der Waals surface area contributed by atoms with Crippen LogP contribution in [0.4, 0.5) is 0 Å². The summed E-state index contributed by atoms with van der Waals surface area (Å²) in [7, 11) is 3.60. The molecule has 0 bridgehead atoms. The molecule has 1 N–H and O–H groups in total. The third kappa shape index (κ3) is 3.71. The molecule has 22 heavy (non-hydrogen) atoms. The van der Waals surface area contributed by atoms with Crippen LogP contribution >= 0.6 is 0 Å². The minimum absolute atomic E-state index is 0.0462. The fourth-order valence-electron chi connectivity index (χ4n) is 2.34. The number of rotatable bonds is 6. The molecule has 6 heteroatoms. The van der Waals surface area contributed by atoms with E-state index in [0.29, 0.717) is 24.9 Å². The first kappa shape index (κ1) is 16.2. The van der Waals surface area contributed by atoms with Gasteiger partial charge < -0.3 is 10.2 Å². The van der Waals surface area contributed by atoms with Crippen LogP contribution in [0.15, 0.2) is 24.3 Å². The van der Waals surface area contributed by atoms with Crippen LogP contribution in [0.3, 0.4) is 0 Å². The van der Waals surface area contributed by atoms with Gasteiger partial charge in [0.1, 0.15) is 0 Å². The van der Waals surface area contributed by atoms with Crippen molar-refractivity contribution < 1.29 is 14.4 Å². The summed E-state index contributed by atoms with van der Waals surface area (Å²) in [6, 6.07) is 7.05. The first-order chi connectivity index (χ1) is 10.5. The molecule has 2 rings (SSSR count). The topological polar surface area (TPSA) is 69.7 Å². The number of hydrogen-bond donors (Lipinski definition) is 1. The number of nitrogens with one attached hydrogen (secondary N) is 1. The van der Waals surface area contributed by atoms with Gasteiger partial charge in [0.15, 0.2) is 0 Å². The molecule has 0 saturated carbocycles. The summed E-state index contributed by atoms with van der Waals surface area (Å²) in [4.78, 5) is 38.3. The van der Waals surface area contributed by atoms with Crippen LogP contribution in [0.2, 0.25) is 0 Å². The minimum atomic E-state index is -0.128. The summed E-state index contributed by atoms with van der Waals surface area (Å²) in [5.41, 5.74) is 1.44. The Labute approximate surface area is 130 Å². The Bertz CT molecular complexity index is 553. The lowest BCUT2D eigenvalue weighted by atomic mass is 10.1. The van der Waals surface area contributed by atoms with Crippen molar-refractivity contribution in [3.8, 4) is 0 Å². The molecule has 1 aliphatic rings. The molecule has 118 valence electrons. The zero-order valence-corrected chi connectivity index (χ0v) is 13.0. The Kier molecular flexibility index (Phi) is 5.27. The fraction of sp³-hybridized carbons (Fsp3) is 0.438. The van der Waals surface area contributed by atoms with Crippen molar-refractivity contribution >= 4 is 17.7 Å². The normalized spacial score (nSPS) is 14.5. The van der Waals surface area contributed by atoms with Crippen LogP contribution in [-0.4, -0.2) is 54.7 Å². The van der Waals surface area contributed by atoms with Crippen LogP contribution in [0.1, 0.15) is 28.8 Å². The quantitative estimate of drug-likeness (QED) is 0.783. The predicted molar refractivity (Wildman–Crippen MR) is 82.1 cm³/mol. The van der Waals surface area contributed by atoms with Crippen molar-refractivity contribution in [1.29, 1.82) is 0 Å². The van der Waals surface area contributed by atoms with Crippen molar-refractivity contribution in [3.05, 3.63) is 35.4 Å². The molecule has 0 spiro atoms. The smallest absolute Gasteiger partial charge is 0.253 e. The maximum atomic E-state index is 12.2. The van der Waals surface area contributed by atoms with Gasteiger partial charge in [-0.25, -0.2) is 0 Å². The second kappa shape index (κ2) is 7.17. The van der Waals surface area contributed by atoms with Gasteiger partial charge in [0.2, 0.25) is 11.8 Å². The Morgan fingerprint density at radius 2 is 1.77 bits per heavy atom. The van der Waals surface area contributed by atoms with Gasteiger partial charge >= 0.3 is 0 Å². The first-order valence-electron chi connectivity index (χ1n) is 7.35. The van der Waals surface area contributed by atoms with Crippen molar-refractivity contribution in [2.24, 2.45) is 0 Å². The summed E-state index contributed by atoms with van der Waals surface area (Å²) in [6.07, 6.45) is 0.595. The molecular weight excluding hydrogens is 282 g/mol. The van der Waals surface area contributed by atoms with Gasteiger partial charge in [0.25, 0.3) is 5.91 Å². The van der Waals surface area contributed by atoms with E-state index in [4.69, 9.17) is 0 Å². The molecule has 1 aliphatic heterocycles. The molecule has 0 radical (unpaired) electrons. The van der Waals surface area contributed by atoms with Crippen molar-refractivity contribution in [2.45, 2.75) is 19.4 Å². The number of nitrogens with zero attached hydrogens (tertiary/aromatic N) is 2. The zero-order valence-electron chi connectivity index (χ0n) is 13.0. The van der Waals surface area contributed by atoms with E-state index in [9.17, 15) is 14.4 Å². The van der Waals surface area contributed by atoms with Crippen LogP contribution in [0.5, 0.6) is 0 Å². The fourth-order valence-corrected chi connectivity index (χ4v) is 2.34. The Hall–Kier alpha value is -2.21. The zero-order chi connectivity index (χ0) is 16.1.